The molecule has 0 aliphatic heterocycles. The zero-order valence-corrected chi connectivity index (χ0v) is 10.8. The van der Waals surface area contributed by atoms with Crippen molar-refractivity contribution in [3.63, 3.8) is 0 Å². The molecule has 0 fully saturated rings. The van der Waals surface area contributed by atoms with E-state index in [4.69, 9.17) is 9.47 Å². The first-order valence-corrected chi connectivity index (χ1v) is 5.27. The summed E-state index contributed by atoms with van der Waals surface area (Å²) in [5.74, 6) is 1.61. The third-order valence-corrected chi connectivity index (χ3v) is 2.95. The second-order valence-corrected chi connectivity index (χ2v) is 4.24. The zero-order chi connectivity index (χ0) is 10.0. The SMILES string of the molecule is COc1c(Br)cc(Br)c(OC)c1C. The molecule has 0 atom stereocenters. The van der Waals surface area contributed by atoms with E-state index in [1.165, 1.54) is 0 Å². The molecule has 1 aromatic rings. The average molecular weight is 310 g/mol. The lowest BCUT2D eigenvalue weighted by atomic mass is 10.2. The van der Waals surface area contributed by atoms with Crippen molar-refractivity contribution in [3.8, 4) is 11.5 Å². The van der Waals surface area contributed by atoms with Gasteiger partial charge in [0.2, 0.25) is 0 Å². The van der Waals surface area contributed by atoms with Gasteiger partial charge in [-0.3, -0.25) is 0 Å². The minimum Gasteiger partial charge on any atom is -0.495 e. The number of benzene rings is 1. The lowest BCUT2D eigenvalue weighted by molar-refractivity contribution is 0.385. The standard InChI is InChI=1S/C9H10Br2O2/c1-5-8(12-2)6(10)4-7(11)9(5)13-3/h4H,1-3H3. The minimum absolute atomic E-state index is 0.806. The average Bonchev–Trinajstić information content (AvgIpc) is 2.04. The summed E-state index contributed by atoms with van der Waals surface area (Å²) < 4.78 is 12.3. The van der Waals surface area contributed by atoms with Crippen LogP contribution in [0.1, 0.15) is 5.56 Å². The first-order chi connectivity index (χ1) is 6.11. The number of hydrogen-bond donors (Lipinski definition) is 0. The molecule has 0 saturated heterocycles. The summed E-state index contributed by atoms with van der Waals surface area (Å²) in [5.41, 5.74) is 0.978. The Labute approximate surface area is 94.5 Å². The summed E-state index contributed by atoms with van der Waals surface area (Å²) in [6.07, 6.45) is 0. The lowest BCUT2D eigenvalue weighted by Crippen LogP contribution is -1.94. The minimum atomic E-state index is 0.806. The molecule has 0 N–H and O–H groups in total. The monoisotopic (exact) mass is 308 g/mol. The van der Waals surface area contributed by atoms with Crippen molar-refractivity contribution in [2.75, 3.05) is 14.2 Å². The van der Waals surface area contributed by atoms with Crippen molar-refractivity contribution in [3.05, 3.63) is 20.6 Å². The highest BCUT2D eigenvalue weighted by atomic mass is 79.9. The van der Waals surface area contributed by atoms with Gasteiger partial charge in [-0.25, -0.2) is 0 Å². The molecule has 0 spiro atoms. The van der Waals surface area contributed by atoms with E-state index in [9.17, 15) is 0 Å². The number of halogens is 2. The van der Waals surface area contributed by atoms with E-state index < -0.39 is 0 Å². The molecule has 0 radical (unpaired) electrons. The smallest absolute Gasteiger partial charge is 0.139 e. The van der Waals surface area contributed by atoms with Crippen LogP contribution in [0.3, 0.4) is 0 Å². The van der Waals surface area contributed by atoms with E-state index in [2.05, 4.69) is 31.9 Å². The van der Waals surface area contributed by atoms with Crippen molar-refractivity contribution < 1.29 is 9.47 Å². The van der Waals surface area contributed by atoms with Crippen molar-refractivity contribution in [2.24, 2.45) is 0 Å². The molecule has 1 aromatic carbocycles. The maximum Gasteiger partial charge on any atom is 0.139 e. The molecule has 2 nitrogen and oxygen atoms in total. The largest absolute Gasteiger partial charge is 0.495 e. The van der Waals surface area contributed by atoms with Gasteiger partial charge in [-0.05, 0) is 44.8 Å². The third-order valence-electron chi connectivity index (χ3n) is 1.78. The molecule has 1 rings (SSSR count). The van der Waals surface area contributed by atoms with Gasteiger partial charge >= 0.3 is 0 Å². The maximum atomic E-state index is 5.23. The number of methoxy groups -OCH3 is 2. The fourth-order valence-corrected chi connectivity index (χ4v) is 2.89. The molecule has 4 heteroatoms. The van der Waals surface area contributed by atoms with Crippen LogP contribution in [0.5, 0.6) is 11.5 Å². The molecule has 0 aliphatic rings. The van der Waals surface area contributed by atoms with Crippen LogP contribution in [0.4, 0.5) is 0 Å². The highest BCUT2D eigenvalue weighted by Crippen LogP contribution is 2.40. The van der Waals surface area contributed by atoms with Crippen LogP contribution in [0.25, 0.3) is 0 Å². The molecule has 0 saturated carbocycles. The fourth-order valence-electron chi connectivity index (χ4n) is 1.20. The van der Waals surface area contributed by atoms with E-state index in [0.29, 0.717) is 0 Å². The molecule has 0 unspecified atom stereocenters. The first-order valence-electron chi connectivity index (χ1n) is 3.68. The Morgan fingerprint density at radius 3 is 1.69 bits per heavy atom. The molecule has 0 aromatic heterocycles. The Morgan fingerprint density at radius 1 is 1.00 bits per heavy atom. The number of rotatable bonds is 2. The Kier molecular flexibility index (Phi) is 3.62. The second-order valence-electron chi connectivity index (χ2n) is 2.53. The molecular weight excluding hydrogens is 300 g/mol. The van der Waals surface area contributed by atoms with Crippen molar-refractivity contribution in [1.29, 1.82) is 0 Å². The molecule has 0 heterocycles. The summed E-state index contributed by atoms with van der Waals surface area (Å²) in [4.78, 5) is 0. The molecule has 72 valence electrons. The number of hydrogen-bond acceptors (Lipinski definition) is 2. The molecular formula is C9H10Br2O2. The van der Waals surface area contributed by atoms with Gasteiger partial charge in [0.1, 0.15) is 11.5 Å². The van der Waals surface area contributed by atoms with E-state index >= 15 is 0 Å². The Balaban J connectivity index is 3.39. The van der Waals surface area contributed by atoms with Gasteiger partial charge in [0.05, 0.1) is 23.2 Å². The predicted octanol–water partition coefficient (Wildman–Crippen LogP) is 3.54. The summed E-state index contributed by atoms with van der Waals surface area (Å²) in [6, 6.07) is 1.91. The normalized spacial score (nSPS) is 9.92. The fraction of sp³-hybridized carbons (Fsp3) is 0.333. The van der Waals surface area contributed by atoms with Crippen LogP contribution < -0.4 is 9.47 Å². The predicted molar refractivity (Wildman–Crippen MR) is 59.7 cm³/mol. The Morgan fingerprint density at radius 2 is 1.38 bits per heavy atom. The highest BCUT2D eigenvalue weighted by Gasteiger charge is 2.13. The lowest BCUT2D eigenvalue weighted by Gasteiger charge is -2.12. The van der Waals surface area contributed by atoms with E-state index in [-0.39, 0.29) is 0 Å². The van der Waals surface area contributed by atoms with Crippen molar-refractivity contribution in [2.45, 2.75) is 6.92 Å². The van der Waals surface area contributed by atoms with Crippen molar-refractivity contribution >= 4 is 31.9 Å². The summed E-state index contributed by atoms with van der Waals surface area (Å²) >= 11 is 6.82. The van der Waals surface area contributed by atoms with E-state index in [0.717, 1.165) is 26.0 Å². The van der Waals surface area contributed by atoms with Crippen LogP contribution in [0, 0.1) is 6.92 Å². The molecule has 0 amide bonds. The van der Waals surface area contributed by atoms with E-state index in [1.807, 2.05) is 13.0 Å². The van der Waals surface area contributed by atoms with Crippen LogP contribution in [-0.2, 0) is 0 Å². The summed E-state index contributed by atoms with van der Waals surface area (Å²) in [6.45, 7) is 1.95. The quantitative estimate of drug-likeness (QED) is 0.832. The van der Waals surface area contributed by atoms with Gasteiger partial charge in [0.25, 0.3) is 0 Å². The van der Waals surface area contributed by atoms with Gasteiger partial charge in [0, 0.05) is 5.56 Å². The summed E-state index contributed by atoms with van der Waals surface area (Å²) in [5, 5.41) is 0. The van der Waals surface area contributed by atoms with Crippen LogP contribution in [0.2, 0.25) is 0 Å². The maximum absolute atomic E-state index is 5.23. The van der Waals surface area contributed by atoms with Gasteiger partial charge in [-0.15, -0.1) is 0 Å². The molecule has 0 bridgehead atoms. The van der Waals surface area contributed by atoms with Crippen LogP contribution >= 0.6 is 31.9 Å². The first kappa shape index (κ1) is 10.9. The van der Waals surface area contributed by atoms with E-state index in [1.54, 1.807) is 14.2 Å². The van der Waals surface area contributed by atoms with Gasteiger partial charge in [-0.1, -0.05) is 0 Å². The van der Waals surface area contributed by atoms with Crippen LogP contribution in [0.15, 0.2) is 15.0 Å². The van der Waals surface area contributed by atoms with Gasteiger partial charge < -0.3 is 9.47 Å². The van der Waals surface area contributed by atoms with Crippen molar-refractivity contribution in [1.82, 2.24) is 0 Å². The molecule has 13 heavy (non-hydrogen) atoms. The summed E-state index contributed by atoms with van der Waals surface area (Å²) in [7, 11) is 3.28. The second kappa shape index (κ2) is 4.33. The Bertz CT molecular complexity index is 296. The zero-order valence-electron chi connectivity index (χ0n) is 7.65. The third kappa shape index (κ3) is 1.99. The number of ether oxygens (including phenoxy) is 2. The Hall–Kier alpha value is -0.220. The van der Waals surface area contributed by atoms with Gasteiger partial charge in [0.15, 0.2) is 0 Å². The molecule has 0 aliphatic carbocycles. The topological polar surface area (TPSA) is 18.5 Å². The highest BCUT2D eigenvalue weighted by molar-refractivity contribution is 9.11. The van der Waals surface area contributed by atoms with Gasteiger partial charge in [-0.2, -0.15) is 0 Å². The van der Waals surface area contributed by atoms with Crippen LogP contribution in [-0.4, -0.2) is 14.2 Å².